The second kappa shape index (κ2) is 5.27. The van der Waals surface area contributed by atoms with Crippen LogP contribution in [0.2, 0.25) is 0 Å². The number of rotatable bonds is 1. The van der Waals surface area contributed by atoms with E-state index in [0.717, 1.165) is 24.1 Å². The minimum atomic E-state index is 0.138. The maximum absolute atomic E-state index is 12.9. The molecule has 1 amide bonds. The Labute approximate surface area is 136 Å². The van der Waals surface area contributed by atoms with Crippen LogP contribution in [0.3, 0.4) is 0 Å². The molecule has 0 unspecified atom stereocenters. The van der Waals surface area contributed by atoms with Crippen molar-refractivity contribution >= 4 is 16.8 Å². The highest BCUT2D eigenvalue weighted by atomic mass is 16.2. The van der Waals surface area contributed by atoms with E-state index in [1.807, 2.05) is 36.1 Å². The quantitative estimate of drug-likeness (QED) is 0.673. The molecule has 0 saturated carbocycles. The van der Waals surface area contributed by atoms with E-state index in [1.54, 1.807) is 0 Å². The van der Waals surface area contributed by atoms with Crippen molar-refractivity contribution in [3.8, 4) is 0 Å². The number of nitrogens with zero attached hydrogens (tertiary/aromatic N) is 2. The number of hydrogen-bond acceptors (Lipinski definition) is 1. The molecular weight excluding hydrogens is 284 g/mol. The van der Waals surface area contributed by atoms with E-state index in [4.69, 9.17) is 0 Å². The summed E-state index contributed by atoms with van der Waals surface area (Å²) in [5, 5.41) is 1.33. The lowest BCUT2D eigenvalue weighted by Crippen LogP contribution is -2.36. The number of carbonyl (C=O) groups is 1. The van der Waals surface area contributed by atoms with Crippen molar-refractivity contribution in [3.05, 3.63) is 70.9 Å². The number of amides is 1. The Bertz CT molecular complexity index is 907. The number of aryl methyl sites for hydroxylation is 2. The van der Waals surface area contributed by atoms with Crippen molar-refractivity contribution in [2.45, 2.75) is 19.9 Å². The van der Waals surface area contributed by atoms with Crippen molar-refractivity contribution in [2.24, 2.45) is 7.05 Å². The molecule has 3 heteroatoms. The second-order valence-corrected chi connectivity index (χ2v) is 6.29. The average Bonchev–Trinajstić information content (AvgIpc) is 2.88. The third kappa shape index (κ3) is 2.15. The van der Waals surface area contributed by atoms with Gasteiger partial charge in [0.1, 0.15) is 0 Å². The van der Waals surface area contributed by atoms with E-state index in [1.165, 1.54) is 22.2 Å². The highest BCUT2D eigenvalue weighted by Crippen LogP contribution is 2.30. The van der Waals surface area contributed by atoms with Crippen LogP contribution >= 0.6 is 0 Å². The predicted molar refractivity (Wildman–Crippen MR) is 92.5 cm³/mol. The van der Waals surface area contributed by atoms with Gasteiger partial charge < -0.3 is 9.47 Å². The molecule has 0 saturated heterocycles. The first-order chi connectivity index (χ1) is 11.2. The zero-order chi connectivity index (χ0) is 16.0. The number of para-hydroxylation sites is 1. The molecule has 0 aliphatic carbocycles. The summed E-state index contributed by atoms with van der Waals surface area (Å²) in [4.78, 5) is 14.8. The maximum Gasteiger partial charge on any atom is 0.254 e. The van der Waals surface area contributed by atoms with Gasteiger partial charge in [-0.1, -0.05) is 36.4 Å². The fourth-order valence-electron chi connectivity index (χ4n) is 3.67. The molecule has 1 aliphatic heterocycles. The van der Waals surface area contributed by atoms with Crippen molar-refractivity contribution in [2.75, 3.05) is 6.54 Å². The smallest absolute Gasteiger partial charge is 0.254 e. The Balaban J connectivity index is 1.72. The Morgan fingerprint density at radius 3 is 2.61 bits per heavy atom. The molecule has 0 spiro atoms. The number of hydrogen-bond donors (Lipinski definition) is 0. The van der Waals surface area contributed by atoms with E-state index in [2.05, 4.69) is 35.9 Å². The summed E-state index contributed by atoms with van der Waals surface area (Å²) in [6.07, 6.45) is 0.925. The van der Waals surface area contributed by atoms with Crippen LogP contribution in [0.1, 0.15) is 27.2 Å². The molecule has 3 aromatic rings. The van der Waals surface area contributed by atoms with E-state index >= 15 is 0 Å². The van der Waals surface area contributed by atoms with Gasteiger partial charge in [0.25, 0.3) is 5.91 Å². The second-order valence-electron chi connectivity index (χ2n) is 6.29. The summed E-state index contributed by atoms with van der Waals surface area (Å²) in [5.41, 5.74) is 5.77. The highest BCUT2D eigenvalue weighted by molar-refractivity contribution is 5.96. The van der Waals surface area contributed by atoms with Crippen molar-refractivity contribution in [1.29, 1.82) is 0 Å². The number of aromatic nitrogens is 1. The standard InChI is InChI=1S/C20H20N2O/c1-14-7-3-4-8-15(14)20(23)22-12-11-17-16-9-5-6-10-18(16)21(2)19(17)13-22/h3-10H,11-13H2,1-2H3. The Morgan fingerprint density at radius 2 is 1.78 bits per heavy atom. The fourth-order valence-corrected chi connectivity index (χ4v) is 3.67. The minimum absolute atomic E-state index is 0.138. The van der Waals surface area contributed by atoms with Gasteiger partial charge in [0.05, 0.1) is 6.54 Å². The van der Waals surface area contributed by atoms with Gasteiger partial charge in [-0.05, 0) is 36.6 Å². The van der Waals surface area contributed by atoms with E-state index in [9.17, 15) is 4.79 Å². The topological polar surface area (TPSA) is 25.2 Å². The molecule has 2 heterocycles. The third-order valence-corrected chi connectivity index (χ3v) is 4.98. The van der Waals surface area contributed by atoms with E-state index < -0.39 is 0 Å². The lowest BCUT2D eigenvalue weighted by molar-refractivity contribution is 0.0730. The normalized spacial score (nSPS) is 14.1. The maximum atomic E-state index is 12.9. The molecule has 3 nitrogen and oxygen atoms in total. The summed E-state index contributed by atoms with van der Waals surface area (Å²) >= 11 is 0. The highest BCUT2D eigenvalue weighted by Gasteiger charge is 2.26. The Hall–Kier alpha value is -2.55. The first kappa shape index (κ1) is 14.1. The van der Waals surface area contributed by atoms with Crippen LogP contribution in [0.25, 0.3) is 10.9 Å². The molecule has 0 N–H and O–H groups in total. The molecule has 23 heavy (non-hydrogen) atoms. The van der Waals surface area contributed by atoms with Crippen LogP contribution in [0, 0.1) is 6.92 Å². The van der Waals surface area contributed by atoms with Crippen LogP contribution in [0.4, 0.5) is 0 Å². The largest absolute Gasteiger partial charge is 0.346 e. The monoisotopic (exact) mass is 304 g/mol. The molecule has 1 aliphatic rings. The molecule has 0 atom stereocenters. The van der Waals surface area contributed by atoms with E-state index in [-0.39, 0.29) is 5.91 Å². The van der Waals surface area contributed by atoms with Crippen LogP contribution in [-0.4, -0.2) is 21.9 Å². The third-order valence-electron chi connectivity index (χ3n) is 4.98. The van der Waals surface area contributed by atoms with Gasteiger partial charge in [-0.2, -0.15) is 0 Å². The molecule has 0 radical (unpaired) electrons. The zero-order valence-corrected chi connectivity index (χ0v) is 13.5. The van der Waals surface area contributed by atoms with Crippen molar-refractivity contribution in [1.82, 2.24) is 9.47 Å². The SMILES string of the molecule is Cc1ccccc1C(=O)N1CCc2c(n(C)c3ccccc23)C1. The van der Waals surface area contributed by atoms with Gasteiger partial charge in [-0.3, -0.25) is 4.79 Å². The first-order valence-electron chi connectivity index (χ1n) is 8.07. The minimum Gasteiger partial charge on any atom is -0.346 e. The van der Waals surface area contributed by atoms with Gasteiger partial charge in [0, 0.05) is 35.8 Å². The zero-order valence-electron chi connectivity index (χ0n) is 13.5. The van der Waals surface area contributed by atoms with Crippen molar-refractivity contribution in [3.63, 3.8) is 0 Å². The van der Waals surface area contributed by atoms with Crippen LogP contribution < -0.4 is 0 Å². The van der Waals surface area contributed by atoms with Gasteiger partial charge in [-0.25, -0.2) is 0 Å². The van der Waals surface area contributed by atoms with Crippen LogP contribution in [0.15, 0.2) is 48.5 Å². The lowest BCUT2D eigenvalue weighted by Gasteiger charge is -2.28. The van der Waals surface area contributed by atoms with Gasteiger partial charge in [-0.15, -0.1) is 0 Å². The predicted octanol–water partition coefficient (Wildman–Crippen LogP) is 3.69. The summed E-state index contributed by atoms with van der Waals surface area (Å²) in [7, 11) is 2.10. The molecular formula is C20H20N2O. The molecule has 1 aromatic heterocycles. The summed E-state index contributed by atoms with van der Waals surface area (Å²) in [6.45, 7) is 3.47. The van der Waals surface area contributed by atoms with Gasteiger partial charge in [0.2, 0.25) is 0 Å². The van der Waals surface area contributed by atoms with E-state index in [0.29, 0.717) is 6.54 Å². The van der Waals surface area contributed by atoms with Gasteiger partial charge >= 0.3 is 0 Å². The Morgan fingerprint density at radius 1 is 1.04 bits per heavy atom. The lowest BCUT2D eigenvalue weighted by atomic mass is 10.0. The number of benzene rings is 2. The molecule has 4 rings (SSSR count). The van der Waals surface area contributed by atoms with Crippen LogP contribution in [-0.2, 0) is 20.0 Å². The summed E-state index contributed by atoms with van der Waals surface area (Å²) in [5.74, 6) is 0.138. The van der Waals surface area contributed by atoms with Crippen molar-refractivity contribution < 1.29 is 4.79 Å². The fraction of sp³-hybridized carbons (Fsp3) is 0.250. The van der Waals surface area contributed by atoms with Crippen LogP contribution in [0.5, 0.6) is 0 Å². The Kier molecular flexibility index (Phi) is 3.22. The average molecular weight is 304 g/mol. The summed E-state index contributed by atoms with van der Waals surface area (Å²) in [6, 6.07) is 16.3. The molecule has 116 valence electrons. The first-order valence-corrected chi connectivity index (χ1v) is 8.07. The molecule has 0 bridgehead atoms. The number of carbonyl (C=O) groups excluding carboxylic acids is 1. The summed E-state index contributed by atoms with van der Waals surface area (Å²) < 4.78 is 2.24. The van der Waals surface area contributed by atoms with Gasteiger partial charge in [0.15, 0.2) is 0 Å². The molecule has 0 fully saturated rings. The number of fused-ring (bicyclic) bond motifs is 3. The molecule has 2 aromatic carbocycles.